The summed E-state index contributed by atoms with van der Waals surface area (Å²) in [6.07, 6.45) is 3.27. The molecule has 3 aromatic rings. The molecule has 0 saturated carbocycles. The maximum absolute atomic E-state index is 13.3. The molecule has 0 bridgehead atoms. The molecule has 0 aliphatic carbocycles. The average Bonchev–Trinajstić information content (AvgIpc) is 3.21. The molecule has 150 valence electrons. The second-order valence-electron chi connectivity index (χ2n) is 7.85. The van der Waals surface area contributed by atoms with Gasteiger partial charge in [-0.15, -0.1) is 11.3 Å². The fourth-order valence-electron chi connectivity index (χ4n) is 4.08. The topological polar surface area (TPSA) is 29.5 Å². The smallest absolute Gasteiger partial charge is 0.264 e. The Morgan fingerprint density at radius 1 is 1.07 bits per heavy atom. The van der Waals surface area contributed by atoms with E-state index in [1.165, 1.54) is 34.4 Å². The van der Waals surface area contributed by atoms with Gasteiger partial charge >= 0.3 is 0 Å². The van der Waals surface area contributed by atoms with Crippen LogP contribution in [0.5, 0.6) is 5.75 Å². The number of piperidine rings is 1. The van der Waals surface area contributed by atoms with Gasteiger partial charge in [-0.25, -0.2) is 0 Å². The Labute approximate surface area is 176 Å². The number of hydrogen-bond donors (Lipinski definition) is 0. The molecule has 1 atom stereocenters. The lowest BCUT2D eigenvalue weighted by molar-refractivity contribution is 0.0616. The molecule has 1 saturated heterocycles. The predicted molar refractivity (Wildman–Crippen MR) is 119 cm³/mol. The van der Waals surface area contributed by atoms with Crippen molar-refractivity contribution in [1.29, 1.82) is 0 Å². The van der Waals surface area contributed by atoms with Gasteiger partial charge < -0.3 is 9.64 Å². The lowest BCUT2D eigenvalue weighted by Gasteiger charge is -2.36. The molecule has 4 heteroatoms. The molecule has 0 spiro atoms. The molecular weight excluding hydrogens is 378 g/mol. The molecule has 1 fully saturated rings. The molecular formula is C25H27NO2S. The first-order valence-electron chi connectivity index (χ1n) is 10.2. The summed E-state index contributed by atoms with van der Waals surface area (Å²) >= 11 is 1.52. The lowest BCUT2D eigenvalue weighted by Crippen LogP contribution is -2.38. The third kappa shape index (κ3) is 4.70. The van der Waals surface area contributed by atoms with E-state index in [2.05, 4.69) is 49.1 Å². The van der Waals surface area contributed by atoms with Crippen molar-refractivity contribution < 1.29 is 9.53 Å². The number of nitrogens with zero attached hydrogens (tertiary/aromatic N) is 1. The summed E-state index contributed by atoms with van der Waals surface area (Å²) in [4.78, 5) is 16.1. The minimum atomic E-state index is 0.140. The average molecular weight is 406 g/mol. The molecule has 0 radical (unpaired) electrons. The van der Waals surface area contributed by atoms with Crippen molar-refractivity contribution in [2.75, 3.05) is 6.54 Å². The summed E-state index contributed by atoms with van der Waals surface area (Å²) in [5, 5.41) is 2.04. The van der Waals surface area contributed by atoms with Crippen molar-refractivity contribution in [3.05, 3.63) is 87.1 Å². The first kappa shape index (κ1) is 19.7. The first-order valence-corrected chi connectivity index (χ1v) is 11.1. The SMILES string of the molecule is Cc1cc(C)cc(OCc2csc(C(=O)N3CCCCC3c3ccccc3)c2)c1. The second-order valence-corrected chi connectivity index (χ2v) is 8.76. The van der Waals surface area contributed by atoms with Crippen LogP contribution in [0.15, 0.2) is 60.0 Å². The lowest BCUT2D eigenvalue weighted by atomic mass is 9.95. The van der Waals surface area contributed by atoms with Gasteiger partial charge in [-0.1, -0.05) is 36.4 Å². The molecule has 29 heavy (non-hydrogen) atoms. The van der Waals surface area contributed by atoms with Crippen LogP contribution in [-0.2, 0) is 6.61 Å². The number of aryl methyl sites for hydroxylation is 2. The largest absolute Gasteiger partial charge is 0.489 e. The van der Waals surface area contributed by atoms with Gasteiger partial charge in [0.15, 0.2) is 0 Å². The number of thiophene rings is 1. The minimum Gasteiger partial charge on any atom is -0.489 e. The molecule has 1 aliphatic rings. The molecule has 1 unspecified atom stereocenters. The van der Waals surface area contributed by atoms with Gasteiger partial charge in [-0.2, -0.15) is 0 Å². The highest BCUT2D eigenvalue weighted by molar-refractivity contribution is 7.12. The van der Waals surface area contributed by atoms with E-state index < -0.39 is 0 Å². The third-order valence-corrected chi connectivity index (χ3v) is 6.38. The zero-order chi connectivity index (χ0) is 20.2. The van der Waals surface area contributed by atoms with Crippen molar-refractivity contribution in [2.24, 2.45) is 0 Å². The molecule has 0 N–H and O–H groups in total. The predicted octanol–water partition coefficient (Wildman–Crippen LogP) is 6.31. The van der Waals surface area contributed by atoms with E-state index in [-0.39, 0.29) is 11.9 Å². The van der Waals surface area contributed by atoms with Crippen molar-refractivity contribution in [3.63, 3.8) is 0 Å². The number of carbonyl (C=O) groups excluding carboxylic acids is 1. The highest BCUT2D eigenvalue weighted by Crippen LogP contribution is 2.33. The van der Waals surface area contributed by atoms with Gasteiger partial charge in [0.05, 0.1) is 10.9 Å². The summed E-state index contributed by atoms with van der Waals surface area (Å²) in [6.45, 7) is 5.45. The summed E-state index contributed by atoms with van der Waals surface area (Å²) in [6, 6.07) is 18.8. The van der Waals surface area contributed by atoms with E-state index >= 15 is 0 Å². The summed E-state index contributed by atoms with van der Waals surface area (Å²) < 4.78 is 5.96. The van der Waals surface area contributed by atoms with Gasteiger partial charge in [-0.05, 0) is 73.4 Å². The molecule has 1 aliphatic heterocycles. The van der Waals surface area contributed by atoms with Gasteiger partial charge in [0.1, 0.15) is 12.4 Å². The van der Waals surface area contributed by atoms with Crippen LogP contribution >= 0.6 is 11.3 Å². The fraction of sp³-hybridized carbons (Fsp3) is 0.320. The van der Waals surface area contributed by atoms with Crippen LogP contribution in [0.2, 0.25) is 0 Å². The van der Waals surface area contributed by atoms with Crippen molar-refractivity contribution in [2.45, 2.75) is 45.8 Å². The van der Waals surface area contributed by atoms with Crippen LogP contribution in [0.1, 0.15) is 57.2 Å². The van der Waals surface area contributed by atoms with Crippen LogP contribution in [0.4, 0.5) is 0 Å². The molecule has 3 nitrogen and oxygen atoms in total. The quantitative estimate of drug-likeness (QED) is 0.498. The Bertz CT molecular complexity index is 959. The number of ether oxygens (including phenoxy) is 1. The Morgan fingerprint density at radius 2 is 1.83 bits per heavy atom. The molecule has 1 aromatic heterocycles. The van der Waals surface area contributed by atoms with Crippen molar-refractivity contribution >= 4 is 17.2 Å². The van der Waals surface area contributed by atoms with Crippen LogP contribution in [0.25, 0.3) is 0 Å². The molecule has 1 amide bonds. The number of likely N-dealkylation sites (tertiary alicyclic amines) is 1. The minimum absolute atomic E-state index is 0.140. The van der Waals surface area contributed by atoms with Crippen LogP contribution in [0.3, 0.4) is 0 Å². The maximum atomic E-state index is 13.3. The van der Waals surface area contributed by atoms with Crippen LogP contribution in [-0.4, -0.2) is 17.4 Å². The molecule has 2 heterocycles. The van der Waals surface area contributed by atoms with Crippen molar-refractivity contribution in [1.82, 2.24) is 4.90 Å². The van der Waals surface area contributed by atoms with Gasteiger partial charge in [0.25, 0.3) is 5.91 Å². The standard InChI is InChI=1S/C25H27NO2S/c1-18-12-19(2)14-22(13-18)28-16-20-15-24(29-17-20)25(27)26-11-7-6-10-23(26)21-8-4-3-5-9-21/h3-5,8-9,12-15,17,23H,6-7,10-11,16H2,1-2H3. The second kappa shape index (κ2) is 8.83. The zero-order valence-corrected chi connectivity index (χ0v) is 17.9. The maximum Gasteiger partial charge on any atom is 0.264 e. The summed E-state index contributed by atoms with van der Waals surface area (Å²) in [5.74, 6) is 1.02. The van der Waals surface area contributed by atoms with Crippen LogP contribution in [0, 0.1) is 13.8 Å². The Balaban J connectivity index is 1.45. The van der Waals surface area contributed by atoms with E-state index in [9.17, 15) is 4.79 Å². The summed E-state index contributed by atoms with van der Waals surface area (Å²) in [7, 11) is 0. The van der Waals surface area contributed by atoms with E-state index in [1.54, 1.807) is 0 Å². The number of amides is 1. The monoisotopic (exact) mass is 405 g/mol. The summed E-state index contributed by atoms with van der Waals surface area (Å²) in [5.41, 5.74) is 4.66. The number of hydrogen-bond acceptors (Lipinski definition) is 3. The van der Waals surface area contributed by atoms with Gasteiger partial charge in [0.2, 0.25) is 0 Å². The highest BCUT2D eigenvalue weighted by atomic mass is 32.1. The number of benzene rings is 2. The molecule has 4 rings (SSSR count). The van der Waals surface area contributed by atoms with Crippen LogP contribution < -0.4 is 4.74 Å². The zero-order valence-electron chi connectivity index (χ0n) is 17.1. The third-order valence-electron chi connectivity index (χ3n) is 5.41. The Morgan fingerprint density at radius 3 is 2.59 bits per heavy atom. The highest BCUT2D eigenvalue weighted by Gasteiger charge is 2.29. The number of rotatable bonds is 5. The Kier molecular flexibility index (Phi) is 6.00. The van der Waals surface area contributed by atoms with Crippen molar-refractivity contribution in [3.8, 4) is 5.75 Å². The van der Waals surface area contributed by atoms with Gasteiger partial charge in [0, 0.05) is 12.1 Å². The van der Waals surface area contributed by atoms with E-state index in [0.29, 0.717) is 6.61 Å². The fourth-order valence-corrected chi connectivity index (χ4v) is 4.94. The Hall–Kier alpha value is -2.59. The van der Waals surface area contributed by atoms with Gasteiger partial charge in [-0.3, -0.25) is 4.79 Å². The first-order chi connectivity index (χ1) is 14.1. The molecule has 2 aromatic carbocycles. The number of carbonyl (C=O) groups is 1. The van der Waals surface area contributed by atoms with E-state index in [4.69, 9.17) is 4.74 Å². The van der Waals surface area contributed by atoms with E-state index in [0.717, 1.165) is 35.6 Å². The van der Waals surface area contributed by atoms with E-state index in [1.807, 2.05) is 29.6 Å². The normalized spacial score (nSPS) is 16.6.